The normalized spacial score (nSPS) is 11.1. The smallest absolute Gasteiger partial charge is 0.318 e. The van der Waals surface area contributed by atoms with E-state index in [1.54, 1.807) is 7.11 Å². The number of nitrogens with zero attached hydrogens (tertiary/aromatic N) is 3. The third-order valence-corrected chi connectivity index (χ3v) is 2.22. The Balaban J connectivity index is 2.66. The molecule has 0 aliphatic heterocycles. The summed E-state index contributed by atoms with van der Waals surface area (Å²) in [5.74, 6) is 1.21. The van der Waals surface area contributed by atoms with Gasteiger partial charge in [-0.2, -0.15) is 0 Å². The summed E-state index contributed by atoms with van der Waals surface area (Å²) in [5, 5.41) is 7.80. The van der Waals surface area contributed by atoms with E-state index in [-0.39, 0.29) is 5.88 Å². The van der Waals surface area contributed by atoms with Gasteiger partial charge in [0.15, 0.2) is 0 Å². The molecule has 1 aromatic rings. The summed E-state index contributed by atoms with van der Waals surface area (Å²) < 4.78 is 10.5. The lowest BCUT2D eigenvalue weighted by molar-refractivity contribution is 0.203. The lowest BCUT2D eigenvalue weighted by Crippen LogP contribution is -2.31. The third-order valence-electron chi connectivity index (χ3n) is 1.99. The molecule has 1 rings (SSSR count). The first-order valence-corrected chi connectivity index (χ1v) is 5.83. The Morgan fingerprint density at radius 1 is 1.44 bits per heavy atom. The zero-order valence-electron chi connectivity index (χ0n) is 9.94. The molecule has 6 heteroatoms. The number of anilines is 1. The van der Waals surface area contributed by atoms with Gasteiger partial charge in [-0.3, -0.25) is 0 Å². The molecule has 1 aromatic heterocycles. The van der Waals surface area contributed by atoms with E-state index in [2.05, 4.69) is 24.0 Å². The van der Waals surface area contributed by atoms with Gasteiger partial charge in [0.1, 0.15) is 5.88 Å². The highest BCUT2D eigenvalue weighted by molar-refractivity contribution is 6.16. The van der Waals surface area contributed by atoms with E-state index >= 15 is 0 Å². The van der Waals surface area contributed by atoms with Crippen molar-refractivity contribution in [3.05, 3.63) is 5.89 Å². The van der Waals surface area contributed by atoms with E-state index in [1.165, 1.54) is 0 Å². The number of rotatable bonds is 7. The van der Waals surface area contributed by atoms with Crippen molar-refractivity contribution in [2.24, 2.45) is 5.92 Å². The van der Waals surface area contributed by atoms with Crippen LogP contribution < -0.4 is 4.90 Å². The van der Waals surface area contributed by atoms with Crippen LogP contribution in [0.15, 0.2) is 4.42 Å². The van der Waals surface area contributed by atoms with Crippen LogP contribution in [0.5, 0.6) is 0 Å². The molecule has 92 valence electrons. The van der Waals surface area contributed by atoms with Gasteiger partial charge in [0, 0.05) is 20.2 Å². The summed E-state index contributed by atoms with van der Waals surface area (Å²) >= 11 is 5.62. The van der Waals surface area contributed by atoms with Crippen molar-refractivity contribution in [2.75, 3.05) is 31.7 Å². The molecule has 0 saturated heterocycles. The van der Waals surface area contributed by atoms with Crippen molar-refractivity contribution in [1.82, 2.24) is 10.2 Å². The number of hydrogen-bond donors (Lipinski definition) is 0. The maximum Gasteiger partial charge on any atom is 0.318 e. The number of ether oxygens (including phenoxy) is 1. The second-order valence-corrected chi connectivity index (χ2v) is 4.21. The van der Waals surface area contributed by atoms with Gasteiger partial charge >= 0.3 is 6.01 Å². The van der Waals surface area contributed by atoms with E-state index in [1.807, 2.05) is 4.90 Å². The molecular formula is C10H18ClN3O2. The molecular weight excluding hydrogens is 230 g/mol. The van der Waals surface area contributed by atoms with Crippen LogP contribution in [0.25, 0.3) is 0 Å². The minimum absolute atomic E-state index is 0.243. The molecule has 0 N–H and O–H groups in total. The molecule has 0 fully saturated rings. The average Bonchev–Trinajstić information content (AvgIpc) is 2.72. The largest absolute Gasteiger partial charge is 0.407 e. The second kappa shape index (κ2) is 6.70. The minimum atomic E-state index is 0.243. The zero-order chi connectivity index (χ0) is 12.0. The second-order valence-electron chi connectivity index (χ2n) is 3.94. The Morgan fingerprint density at radius 3 is 2.69 bits per heavy atom. The standard InChI is InChI=1S/C10H18ClN3O2/c1-8(2)7-14(4-5-15-3)10-13-12-9(6-11)16-10/h8H,4-7H2,1-3H3. The van der Waals surface area contributed by atoms with Crippen LogP contribution in [0.3, 0.4) is 0 Å². The number of methoxy groups -OCH3 is 1. The van der Waals surface area contributed by atoms with Gasteiger partial charge < -0.3 is 14.1 Å². The Kier molecular flexibility index (Phi) is 5.55. The SMILES string of the molecule is COCCN(CC(C)C)c1nnc(CCl)o1. The van der Waals surface area contributed by atoms with Crippen molar-refractivity contribution in [3.63, 3.8) is 0 Å². The van der Waals surface area contributed by atoms with Gasteiger partial charge in [-0.1, -0.05) is 18.9 Å². The minimum Gasteiger partial charge on any atom is -0.407 e. The predicted molar refractivity (Wildman–Crippen MR) is 62.8 cm³/mol. The van der Waals surface area contributed by atoms with Gasteiger partial charge in [0.05, 0.1) is 6.61 Å². The number of halogens is 1. The first kappa shape index (κ1) is 13.3. The number of hydrogen-bond acceptors (Lipinski definition) is 5. The molecule has 0 unspecified atom stereocenters. The van der Waals surface area contributed by atoms with Crippen LogP contribution in [-0.2, 0) is 10.6 Å². The van der Waals surface area contributed by atoms with Crippen molar-refractivity contribution in [2.45, 2.75) is 19.7 Å². The van der Waals surface area contributed by atoms with E-state index in [0.29, 0.717) is 24.4 Å². The maximum absolute atomic E-state index is 5.62. The van der Waals surface area contributed by atoms with Crippen LogP contribution in [0.1, 0.15) is 19.7 Å². The fraction of sp³-hybridized carbons (Fsp3) is 0.800. The molecule has 0 atom stereocenters. The highest BCUT2D eigenvalue weighted by Crippen LogP contribution is 2.14. The summed E-state index contributed by atoms with van der Waals surface area (Å²) in [7, 11) is 1.67. The molecule has 0 spiro atoms. The lowest BCUT2D eigenvalue weighted by atomic mass is 10.2. The summed E-state index contributed by atoms with van der Waals surface area (Å²) in [5.41, 5.74) is 0. The number of aromatic nitrogens is 2. The van der Waals surface area contributed by atoms with Crippen molar-refractivity contribution in [3.8, 4) is 0 Å². The third kappa shape index (κ3) is 3.98. The van der Waals surface area contributed by atoms with Crippen LogP contribution >= 0.6 is 11.6 Å². The van der Waals surface area contributed by atoms with Crippen molar-refractivity contribution >= 4 is 17.6 Å². The summed E-state index contributed by atoms with van der Waals surface area (Å²) in [6.07, 6.45) is 0. The average molecular weight is 248 g/mol. The molecule has 0 bridgehead atoms. The van der Waals surface area contributed by atoms with Crippen LogP contribution in [0, 0.1) is 5.92 Å². The highest BCUT2D eigenvalue weighted by Gasteiger charge is 2.15. The van der Waals surface area contributed by atoms with Crippen molar-refractivity contribution in [1.29, 1.82) is 0 Å². The molecule has 16 heavy (non-hydrogen) atoms. The van der Waals surface area contributed by atoms with E-state index < -0.39 is 0 Å². The van der Waals surface area contributed by atoms with E-state index in [4.69, 9.17) is 20.8 Å². The van der Waals surface area contributed by atoms with Crippen molar-refractivity contribution < 1.29 is 9.15 Å². The molecule has 0 radical (unpaired) electrons. The molecule has 0 aliphatic carbocycles. The summed E-state index contributed by atoms with van der Waals surface area (Å²) in [6, 6.07) is 0.515. The lowest BCUT2D eigenvalue weighted by Gasteiger charge is -2.21. The summed E-state index contributed by atoms with van der Waals surface area (Å²) in [4.78, 5) is 2.01. The Labute approximate surface area is 101 Å². The van der Waals surface area contributed by atoms with Crippen LogP contribution in [-0.4, -0.2) is 37.0 Å². The first-order chi connectivity index (χ1) is 7.67. The molecule has 0 saturated carbocycles. The monoisotopic (exact) mass is 247 g/mol. The fourth-order valence-corrected chi connectivity index (χ4v) is 1.44. The maximum atomic E-state index is 5.62. The molecule has 0 amide bonds. The van der Waals surface area contributed by atoms with Gasteiger partial charge in [0.2, 0.25) is 5.89 Å². The quantitative estimate of drug-likeness (QED) is 0.689. The molecule has 1 heterocycles. The topological polar surface area (TPSA) is 51.4 Å². The molecule has 0 aromatic carbocycles. The van der Waals surface area contributed by atoms with Gasteiger partial charge in [-0.25, -0.2) is 0 Å². The molecule has 0 aliphatic rings. The van der Waals surface area contributed by atoms with E-state index in [9.17, 15) is 0 Å². The Morgan fingerprint density at radius 2 is 2.19 bits per heavy atom. The zero-order valence-corrected chi connectivity index (χ0v) is 10.7. The number of alkyl halides is 1. The molecule has 5 nitrogen and oxygen atoms in total. The Bertz CT molecular complexity index is 304. The van der Waals surface area contributed by atoms with Crippen LogP contribution in [0.4, 0.5) is 6.01 Å². The first-order valence-electron chi connectivity index (χ1n) is 5.29. The van der Waals surface area contributed by atoms with Crippen LogP contribution in [0.2, 0.25) is 0 Å². The highest BCUT2D eigenvalue weighted by atomic mass is 35.5. The summed E-state index contributed by atoms with van der Waals surface area (Å²) in [6.45, 7) is 6.49. The van der Waals surface area contributed by atoms with Gasteiger partial charge in [-0.15, -0.1) is 16.7 Å². The van der Waals surface area contributed by atoms with Gasteiger partial charge in [0.25, 0.3) is 0 Å². The predicted octanol–water partition coefficient (Wildman–Crippen LogP) is 1.92. The Hall–Kier alpha value is -0.810. The fourth-order valence-electron chi connectivity index (χ4n) is 1.33. The van der Waals surface area contributed by atoms with E-state index in [0.717, 1.165) is 13.1 Å². The van der Waals surface area contributed by atoms with Gasteiger partial charge in [-0.05, 0) is 5.92 Å².